The third-order valence-electron chi connectivity index (χ3n) is 4.34. The van der Waals surface area contributed by atoms with E-state index in [2.05, 4.69) is 30.5 Å². The topological polar surface area (TPSA) is 81.5 Å². The normalized spacial score (nSPS) is 24.0. The standard InChI is InChI=1S/C18H26N4O2/c1-4-9-18(10-14(2)3)11-17(12-20-21-19)24-22(18)13-15-5-7-16(23)8-6-15/h4-8,14,17,23H,1,9-13H2,2-3H3/t17-,18-/m1/s1. The number of nitrogens with zero attached hydrogens (tertiary/aromatic N) is 4. The van der Waals surface area contributed by atoms with E-state index in [-0.39, 0.29) is 17.4 Å². The van der Waals surface area contributed by atoms with Crippen LogP contribution in [0.15, 0.2) is 42.0 Å². The van der Waals surface area contributed by atoms with Crippen molar-refractivity contribution in [2.45, 2.75) is 51.3 Å². The first kappa shape index (κ1) is 18.3. The lowest BCUT2D eigenvalue weighted by Gasteiger charge is -2.37. The minimum atomic E-state index is -0.149. The summed E-state index contributed by atoms with van der Waals surface area (Å²) in [6, 6.07) is 7.15. The number of hydrogen-bond donors (Lipinski definition) is 1. The Morgan fingerprint density at radius 2 is 2.21 bits per heavy atom. The fourth-order valence-electron chi connectivity index (χ4n) is 3.53. The molecule has 0 unspecified atom stereocenters. The van der Waals surface area contributed by atoms with Gasteiger partial charge in [0.25, 0.3) is 0 Å². The van der Waals surface area contributed by atoms with Crippen molar-refractivity contribution in [2.24, 2.45) is 11.0 Å². The first-order valence-electron chi connectivity index (χ1n) is 8.33. The molecule has 1 aliphatic heterocycles. The van der Waals surface area contributed by atoms with Crippen LogP contribution in [0.4, 0.5) is 0 Å². The van der Waals surface area contributed by atoms with Crippen LogP contribution in [0.2, 0.25) is 0 Å². The largest absolute Gasteiger partial charge is 0.508 e. The molecular weight excluding hydrogens is 304 g/mol. The van der Waals surface area contributed by atoms with Gasteiger partial charge in [-0.3, -0.25) is 4.84 Å². The predicted octanol–water partition coefficient (Wildman–Crippen LogP) is 4.57. The third kappa shape index (κ3) is 4.51. The van der Waals surface area contributed by atoms with Gasteiger partial charge in [0, 0.05) is 11.5 Å². The van der Waals surface area contributed by atoms with E-state index >= 15 is 0 Å². The zero-order valence-electron chi connectivity index (χ0n) is 14.4. The number of phenolic OH excluding ortho intramolecular Hbond substituents is 1. The number of hydrogen-bond acceptors (Lipinski definition) is 4. The first-order valence-corrected chi connectivity index (χ1v) is 8.33. The van der Waals surface area contributed by atoms with E-state index < -0.39 is 0 Å². The summed E-state index contributed by atoms with van der Waals surface area (Å²) >= 11 is 0. The van der Waals surface area contributed by atoms with Gasteiger partial charge in [0.05, 0.1) is 18.2 Å². The molecule has 0 bridgehead atoms. The zero-order valence-corrected chi connectivity index (χ0v) is 14.4. The van der Waals surface area contributed by atoms with E-state index in [1.54, 1.807) is 12.1 Å². The van der Waals surface area contributed by atoms with Crippen LogP contribution in [0.25, 0.3) is 10.4 Å². The number of benzene rings is 1. The molecule has 1 aromatic carbocycles. The molecule has 1 N–H and O–H groups in total. The van der Waals surface area contributed by atoms with Crippen molar-refractivity contribution in [1.29, 1.82) is 0 Å². The van der Waals surface area contributed by atoms with Gasteiger partial charge in [0.15, 0.2) is 0 Å². The minimum absolute atomic E-state index is 0.114. The van der Waals surface area contributed by atoms with Gasteiger partial charge in [0.1, 0.15) is 5.75 Å². The van der Waals surface area contributed by atoms with Crippen molar-refractivity contribution < 1.29 is 9.94 Å². The third-order valence-corrected chi connectivity index (χ3v) is 4.34. The molecule has 1 aromatic rings. The summed E-state index contributed by atoms with van der Waals surface area (Å²) in [7, 11) is 0. The number of phenols is 1. The molecule has 0 aliphatic carbocycles. The van der Waals surface area contributed by atoms with E-state index in [1.807, 2.05) is 23.3 Å². The fraction of sp³-hybridized carbons (Fsp3) is 0.556. The van der Waals surface area contributed by atoms with Crippen LogP contribution in [-0.4, -0.2) is 28.4 Å². The average molecular weight is 330 g/mol. The number of aromatic hydroxyl groups is 1. The van der Waals surface area contributed by atoms with Gasteiger partial charge >= 0.3 is 0 Å². The highest BCUT2D eigenvalue weighted by molar-refractivity contribution is 5.26. The van der Waals surface area contributed by atoms with E-state index in [9.17, 15) is 5.11 Å². The Morgan fingerprint density at radius 1 is 1.50 bits per heavy atom. The Morgan fingerprint density at radius 3 is 2.79 bits per heavy atom. The van der Waals surface area contributed by atoms with Crippen molar-refractivity contribution in [2.75, 3.05) is 6.54 Å². The SMILES string of the molecule is C=CC[C@@]1(CC(C)C)C[C@H](CN=[N+]=[N-])ON1Cc1ccc(O)cc1. The Bertz CT molecular complexity index is 596. The molecule has 6 heteroatoms. The lowest BCUT2D eigenvalue weighted by molar-refractivity contribution is -0.195. The number of hydroxylamine groups is 2. The Labute approximate surface area is 143 Å². The molecule has 1 heterocycles. The van der Waals surface area contributed by atoms with Crippen molar-refractivity contribution in [1.82, 2.24) is 5.06 Å². The highest BCUT2D eigenvalue weighted by Gasteiger charge is 2.46. The lowest BCUT2D eigenvalue weighted by Crippen LogP contribution is -2.43. The molecule has 24 heavy (non-hydrogen) atoms. The molecule has 0 aromatic heterocycles. The highest BCUT2D eigenvalue weighted by Crippen LogP contribution is 2.41. The highest BCUT2D eigenvalue weighted by atomic mass is 16.7. The van der Waals surface area contributed by atoms with Crippen LogP contribution in [-0.2, 0) is 11.4 Å². The van der Waals surface area contributed by atoms with E-state index in [4.69, 9.17) is 10.4 Å². The predicted molar refractivity (Wildman–Crippen MR) is 94.2 cm³/mol. The summed E-state index contributed by atoms with van der Waals surface area (Å²) in [4.78, 5) is 8.98. The Balaban J connectivity index is 2.24. The lowest BCUT2D eigenvalue weighted by atomic mass is 9.81. The first-order chi connectivity index (χ1) is 11.5. The van der Waals surface area contributed by atoms with Crippen LogP contribution in [0, 0.1) is 5.92 Å². The smallest absolute Gasteiger partial charge is 0.115 e. The molecule has 1 aliphatic rings. The maximum atomic E-state index is 9.46. The molecule has 1 fully saturated rings. The van der Waals surface area contributed by atoms with Gasteiger partial charge in [-0.1, -0.05) is 37.2 Å². The Kier molecular flexibility index (Phi) is 6.26. The van der Waals surface area contributed by atoms with Gasteiger partial charge in [-0.25, -0.2) is 0 Å². The molecule has 0 spiro atoms. The fourth-order valence-corrected chi connectivity index (χ4v) is 3.53. The van der Waals surface area contributed by atoms with Crippen LogP contribution in [0.1, 0.15) is 38.7 Å². The molecule has 130 valence electrons. The maximum Gasteiger partial charge on any atom is 0.115 e. The summed E-state index contributed by atoms with van der Waals surface area (Å²) in [6.45, 7) is 9.27. The van der Waals surface area contributed by atoms with Gasteiger partial charge < -0.3 is 5.11 Å². The van der Waals surface area contributed by atoms with Crippen LogP contribution >= 0.6 is 0 Å². The maximum absolute atomic E-state index is 9.46. The summed E-state index contributed by atoms with van der Waals surface area (Å²) in [5.41, 5.74) is 9.50. The van der Waals surface area contributed by atoms with E-state index in [0.29, 0.717) is 19.0 Å². The van der Waals surface area contributed by atoms with Crippen LogP contribution < -0.4 is 0 Å². The Hall–Kier alpha value is -2.01. The molecule has 0 amide bonds. The van der Waals surface area contributed by atoms with Crippen LogP contribution in [0.3, 0.4) is 0 Å². The van der Waals surface area contributed by atoms with E-state index in [1.165, 1.54) is 0 Å². The monoisotopic (exact) mass is 330 g/mol. The minimum Gasteiger partial charge on any atom is -0.508 e. The van der Waals surface area contributed by atoms with Gasteiger partial charge in [-0.05, 0) is 48.4 Å². The molecule has 2 rings (SSSR count). The summed E-state index contributed by atoms with van der Waals surface area (Å²) < 4.78 is 0. The summed E-state index contributed by atoms with van der Waals surface area (Å²) in [6.07, 6.45) is 4.43. The molecular formula is C18H26N4O2. The molecule has 2 atom stereocenters. The van der Waals surface area contributed by atoms with Gasteiger partial charge in [0.2, 0.25) is 0 Å². The second-order valence-corrected chi connectivity index (χ2v) is 6.86. The van der Waals surface area contributed by atoms with Gasteiger partial charge in [-0.2, -0.15) is 5.06 Å². The number of rotatable bonds is 8. The van der Waals surface area contributed by atoms with Crippen LogP contribution in [0.5, 0.6) is 5.75 Å². The van der Waals surface area contributed by atoms with Crippen molar-refractivity contribution >= 4 is 0 Å². The molecule has 0 saturated carbocycles. The van der Waals surface area contributed by atoms with E-state index in [0.717, 1.165) is 24.8 Å². The summed E-state index contributed by atoms with van der Waals surface area (Å²) in [5.74, 6) is 0.760. The van der Waals surface area contributed by atoms with Crippen molar-refractivity contribution in [3.05, 3.63) is 52.9 Å². The summed E-state index contributed by atoms with van der Waals surface area (Å²) in [5, 5.41) is 15.2. The van der Waals surface area contributed by atoms with Crippen molar-refractivity contribution in [3.8, 4) is 5.75 Å². The van der Waals surface area contributed by atoms with Crippen molar-refractivity contribution in [3.63, 3.8) is 0 Å². The average Bonchev–Trinajstić information content (AvgIpc) is 2.84. The number of azide groups is 1. The molecule has 6 nitrogen and oxygen atoms in total. The van der Waals surface area contributed by atoms with Gasteiger partial charge in [-0.15, -0.1) is 6.58 Å². The molecule has 0 radical (unpaired) electrons. The second kappa shape index (κ2) is 8.20. The molecule has 1 saturated heterocycles. The second-order valence-electron chi connectivity index (χ2n) is 6.86. The quantitative estimate of drug-likeness (QED) is 0.328. The zero-order chi connectivity index (χ0) is 17.6.